The Hall–Kier alpha value is -2.76. The Morgan fingerprint density at radius 1 is 1.10 bits per heavy atom. The van der Waals surface area contributed by atoms with Crippen LogP contribution < -0.4 is 5.32 Å². The molecule has 0 aliphatic carbocycles. The van der Waals surface area contributed by atoms with Gasteiger partial charge in [0, 0.05) is 25.0 Å². The van der Waals surface area contributed by atoms with Crippen molar-refractivity contribution in [3.05, 3.63) is 48.5 Å². The first-order valence-electron chi connectivity index (χ1n) is 6.81. The quantitative estimate of drug-likeness (QED) is 0.794. The van der Waals surface area contributed by atoms with Crippen molar-refractivity contribution in [2.24, 2.45) is 0 Å². The summed E-state index contributed by atoms with van der Waals surface area (Å²) in [6.07, 6.45) is 6.18. The van der Waals surface area contributed by atoms with Crippen molar-refractivity contribution in [1.82, 2.24) is 24.5 Å². The van der Waals surface area contributed by atoms with E-state index < -0.39 is 0 Å². The lowest BCUT2D eigenvalue weighted by Gasteiger charge is -2.07. The van der Waals surface area contributed by atoms with Gasteiger partial charge in [0.15, 0.2) is 5.82 Å². The zero-order valence-corrected chi connectivity index (χ0v) is 12.0. The van der Waals surface area contributed by atoms with Gasteiger partial charge in [-0.15, -0.1) is 0 Å². The lowest BCUT2D eigenvalue weighted by Crippen LogP contribution is -2.06. The highest BCUT2D eigenvalue weighted by Gasteiger charge is 2.09. The molecule has 2 aromatic heterocycles. The molecule has 6 nitrogen and oxygen atoms in total. The molecule has 3 rings (SSSR count). The number of rotatable bonds is 4. The van der Waals surface area contributed by atoms with Crippen LogP contribution in [0.15, 0.2) is 43.0 Å². The highest BCUT2D eigenvalue weighted by Crippen LogP contribution is 2.18. The Morgan fingerprint density at radius 3 is 2.52 bits per heavy atom. The second-order valence-corrected chi connectivity index (χ2v) is 4.55. The van der Waals surface area contributed by atoms with Gasteiger partial charge in [0.1, 0.15) is 6.33 Å². The molecule has 1 N–H and O–H groups in total. The van der Waals surface area contributed by atoms with Crippen molar-refractivity contribution in [3.63, 3.8) is 0 Å². The fourth-order valence-corrected chi connectivity index (χ4v) is 1.99. The fraction of sp³-hybridized carbons (Fsp3) is 0.200. The van der Waals surface area contributed by atoms with E-state index in [0.29, 0.717) is 17.7 Å². The number of hydrogen-bond donors (Lipinski definition) is 1. The Labute approximate surface area is 122 Å². The molecule has 0 unspecified atom stereocenters. The third-order valence-electron chi connectivity index (χ3n) is 3.20. The summed E-state index contributed by atoms with van der Waals surface area (Å²) in [5.41, 5.74) is 2.25. The van der Waals surface area contributed by atoms with Crippen molar-refractivity contribution in [3.8, 4) is 17.3 Å². The summed E-state index contributed by atoms with van der Waals surface area (Å²) in [6.45, 7) is 2.13. The van der Waals surface area contributed by atoms with Crippen molar-refractivity contribution in [2.45, 2.75) is 13.3 Å². The van der Waals surface area contributed by atoms with Gasteiger partial charge in [-0.3, -0.25) is 4.57 Å². The Bertz CT molecular complexity index is 718. The summed E-state index contributed by atoms with van der Waals surface area (Å²) < 4.78 is 1.76. The smallest absolute Gasteiger partial charge is 0.240 e. The summed E-state index contributed by atoms with van der Waals surface area (Å²) >= 11 is 0. The van der Waals surface area contributed by atoms with Gasteiger partial charge < -0.3 is 5.32 Å². The fourth-order valence-electron chi connectivity index (χ4n) is 1.99. The van der Waals surface area contributed by atoms with E-state index in [9.17, 15) is 0 Å². The van der Waals surface area contributed by atoms with Gasteiger partial charge in [-0.2, -0.15) is 15.0 Å². The number of imidazole rings is 1. The maximum absolute atomic E-state index is 4.51. The summed E-state index contributed by atoms with van der Waals surface area (Å²) in [7, 11) is 1.79. The zero-order chi connectivity index (χ0) is 14.7. The summed E-state index contributed by atoms with van der Waals surface area (Å²) in [6, 6.07) is 8.25. The van der Waals surface area contributed by atoms with Crippen LogP contribution in [-0.4, -0.2) is 31.6 Å². The summed E-state index contributed by atoms with van der Waals surface area (Å²) in [4.78, 5) is 17.3. The topological polar surface area (TPSA) is 68.5 Å². The molecule has 3 aromatic rings. The standard InChI is InChI=1S/C15H16N6/c1-3-11-4-6-12(7-5-11)13-18-14(16-2)20-15(19-13)21-9-8-17-10-21/h4-10H,3H2,1-2H3,(H,16,18,19,20). The molecule has 0 saturated carbocycles. The number of nitrogens with one attached hydrogen (secondary N) is 1. The van der Waals surface area contributed by atoms with Gasteiger partial charge in [-0.1, -0.05) is 31.2 Å². The van der Waals surface area contributed by atoms with Crippen LogP contribution in [0.5, 0.6) is 0 Å². The molecule has 0 saturated heterocycles. The first-order valence-corrected chi connectivity index (χ1v) is 6.81. The molecule has 0 bridgehead atoms. The molecule has 0 spiro atoms. The highest BCUT2D eigenvalue weighted by molar-refractivity contribution is 5.57. The number of nitrogens with zero attached hydrogens (tertiary/aromatic N) is 5. The maximum Gasteiger partial charge on any atom is 0.240 e. The molecular weight excluding hydrogens is 264 g/mol. The van der Waals surface area contributed by atoms with Crippen LogP contribution in [0.3, 0.4) is 0 Å². The van der Waals surface area contributed by atoms with Crippen LogP contribution in [0.25, 0.3) is 17.3 Å². The lowest BCUT2D eigenvalue weighted by atomic mass is 10.1. The Balaban J connectivity index is 2.06. The number of hydrogen-bond acceptors (Lipinski definition) is 5. The minimum atomic E-state index is 0.531. The molecule has 0 radical (unpaired) electrons. The second-order valence-electron chi connectivity index (χ2n) is 4.55. The minimum Gasteiger partial charge on any atom is -0.357 e. The molecule has 21 heavy (non-hydrogen) atoms. The summed E-state index contributed by atoms with van der Waals surface area (Å²) in [5.74, 6) is 1.71. The molecule has 106 valence electrons. The van der Waals surface area contributed by atoms with E-state index in [0.717, 1.165) is 12.0 Å². The Morgan fingerprint density at radius 2 is 1.90 bits per heavy atom. The minimum absolute atomic E-state index is 0.531. The molecule has 0 amide bonds. The third-order valence-corrected chi connectivity index (χ3v) is 3.20. The van der Waals surface area contributed by atoms with Gasteiger partial charge in [-0.05, 0) is 12.0 Å². The maximum atomic E-state index is 4.51. The largest absolute Gasteiger partial charge is 0.357 e. The average molecular weight is 280 g/mol. The highest BCUT2D eigenvalue weighted by atomic mass is 15.2. The monoisotopic (exact) mass is 280 g/mol. The van der Waals surface area contributed by atoms with Gasteiger partial charge in [-0.25, -0.2) is 4.98 Å². The molecule has 0 aliphatic heterocycles. The van der Waals surface area contributed by atoms with Crippen LogP contribution in [0.4, 0.5) is 5.95 Å². The first kappa shape index (κ1) is 13.2. The van der Waals surface area contributed by atoms with Crippen LogP contribution in [0.2, 0.25) is 0 Å². The van der Waals surface area contributed by atoms with E-state index in [4.69, 9.17) is 0 Å². The number of aryl methyl sites for hydroxylation is 1. The van der Waals surface area contributed by atoms with Gasteiger partial charge in [0.05, 0.1) is 0 Å². The van der Waals surface area contributed by atoms with E-state index >= 15 is 0 Å². The number of anilines is 1. The van der Waals surface area contributed by atoms with Crippen LogP contribution in [0.1, 0.15) is 12.5 Å². The van der Waals surface area contributed by atoms with Crippen molar-refractivity contribution in [1.29, 1.82) is 0 Å². The molecule has 0 fully saturated rings. The molecular formula is C15H16N6. The van der Waals surface area contributed by atoms with E-state index in [2.05, 4.69) is 44.3 Å². The molecule has 1 aromatic carbocycles. The van der Waals surface area contributed by atoms with Crippen LogP contribution in [0, 0.1) is 0 Å². The lowest BCUT2D eigenvalue weighted by molar-refractivity contribution is 0.902. The molecule has 2 heterocycles. The normalized spacial score (nSPS) is 10.6. The molecule has 0 atom stereocenters. The number of aromatic nitrogens is 5. The predicted octanol–water partition coefficient (Wildman–Crippen LogP) is 2.33. The van der Waals surface area contributed by atoms with E-state index in [-0.39, 0.29) is 0 Å². The van der Waals surface area contributed by atoms with E-state index in [1.165, 1.54) is 5.56 Å². The van der Waals surface area contributed by atoms with E-state index in [1.807, 2.05) is 12.1 Å². The predicted molar refractivity (Wildman–Crippen MR) is 81.3 cm³/mol. The van der Waals surface area contributed by atoms with E-state index in [1.54, 1.807) is 30.3 Å². The van der Waals surface area contributed by atoms with Crippen LogP contribution >= 0.6 is 0 Å². The van der Waals surface area contributed by atoms with Crippen LogP contribution in [-0.2, 0) is 6.42 Å². The van der Waals surface area contributed by atoms with Crippen molar-refractivity contribution in [2.75, 3.05) is 12.4 Å². The van der Waals surface area contributed by atoms with Gasteiger partial charge in [0.25, 0.3) is 0 Å². The van der Waals surface area contributed by atoms with Gasteiger partial charge in [0.2, 0.25) is 11.9 Å². The Kier molecular flexibility index (Phi) is 3.59. The van der Waals surface area contributed by atoms with Gasteiger partial charge >= 0.3 is 0 Å². The first-order chi connectivity index (χ1) is 10.3. The third kappa shape index (κ3) is 2.74. The van der Waals surface area contributed by atoms with Crippen molar-refractivity contribution < 1.29 is 0 Å². The molecule has 0 aliphatic rings. The summed E-state index contributed by atoms with van der Waals surface area (Å²) in [5, 5.41) is 2.97. The molecule has 6 heteroatoms. The number of benzene rings is 1. The van der Waals surface area contributed by atoms with Crippen molar-refractivity contribution >= 4 is 5.95 Å². The zero-order valence-electron chi connectivity index (χ0n) is 12.0. The second kappa shape index (κ2) is 5.70. The SMILES string of the molecule is CCc1ccc(-c2nc(NC)nc(-n3ccnc3)n2)cc1. The average Bonchev–Trinajstić information content (AvgIpc) is 3.09.